The molecule has 1 saturated carbocycles. The van der Waals surface area contributed by atoms with E-state index < -0.39 is 28.5 Å². The number of carbonyl (C=O) groups excluding carboxylic acids is 2. The number of ether oxygens (including phenoxy) is 1. The topological polar surface area (TPSA) is 114 Å². The van der Waals surface area contributed by atoms with E-state index in [1.54, 1.807) is 6.92 Å². The van der Waals surface area contributed by atoms with Gasteiger partial charge in [-0.25, -0.2) is 22.9 Å². The fourth-order valence-corrected chi connectivity index (χ4v) is 4.06. The highest BCUT2D eigenvalue weighted by molar-refractivity contribution is 7.89. The van der Waals surface area contributed by atoms with Crippen molar-refractivity contribution >= 4 is 50.9 Å². The first kappa shape index (κ1) is 21.5. The lowest BCUT2D eigenvalue weighted by Crippen LogP contribution is -2.26. The molecule has 0 aliphatic heterocycles. The van der Waals surface area contributed by atoms with Gasteiger partial charge in [0, 0.05) is 6.04 Å². The first-order valence-corrected chi connectivity index (χ1v) is 10.8. The molecule has 1 aromatic carbocycles. The lowest BCUT2D eigenvalue weighted by molar-refractivity contribution is -0.119. The highest BCUT2D eigenvalue weighted by atomic mass is 35.5. The number of nitrogens with zero attached hydrogens (tertiary/aromatic N) is 1. The van der Waals surface area contributed by atoms with Crippen LogP contribution in [0, 0.1) is 6.92 Å². The molecule has 0 radical (unpaired) electrons. The summed E-state index contributed by atoms with van der Waals surface area (Å²) in [6.07, 6.45) is 1.59. The van der Waals surface area contributed by atoms with E-state index in [1.807, 2.05) is 0 Å². The highest BCUT2D eigenvalue weighted by Crippen LogP contribution is 2.25. The number of aromatic nitrogens is 1. The molecule has 1 aromatic heterocycles. The van der Waals surface area contributed by atoms with Gasteiger partial charge in [0.2, 0.25) is 10.0 Å². The number of esters is 1. The van der Waals surface area contributed by atoms with Crippen LogP contribution in [0.1, 0.15) is 28.9 Å². The second-order valence-corrected chi connectivity index (χ2v) is 8.96. The van der Waals surface area contributed by atoms with Crippen LogP contribution in [-0.4, -0.2) is 37.9 Å². The normalized spacial score (nSPS) is 13.8. The van der Waals surface area contributed by atoms with Crippen molar-refractivity contribution in [3.63, 3.8) is 0 Å². The highest BCUT2D eigenvalue weighted by Gasteiger charge is 2.28. The Morgan fingerprint density at radius 1 is 1.21 bits per heavy atom. The third kappa shape index (κ3) is 5.66. The van der Waals surface area contributed by atoms with Gasteiger partial charge in [-0.05, 0) is 44.0 Å². The van der Waals surface area contributed by atoms with E-state index in [9.17, 15) is 18.0 Å². The molecule has 2 N–H and O–H groups in total. The summed E-state index contributed by atoms with van der Waals surface area (Å²) < 4.78 is 32.0. The average molecular weight is 458 g/mol. The smallest absolute Gasteiger partial charge is 0.338 e. The minimum Gasteiger partial charge on any atom is -0.452 e. The molecule has 2 aromatic rings. The third-order valence-corrected chi connectivity index (χ3v) is 6.17. The Labute approximate surface area is 177 Å². The number of amides is 1. The summed E-state index contributed by atoms with van der Waals surface area (Å²) >= 11 is 11.9. The molecular formula is C18H17Cl2N3O5S. The Balaban J connectivity index is 1.61. The molecule has 0 unspecified atom stereocenters. The number of halogens is 2. The predicted molar refractivity (Wildman–Crippen MR) is 108 cm³/mol. The average Bonchev–Trinajstić information content (AvgIpc) is 3.47. The number of pyridine rings is 1. The summed E-state index contributed by atoms with van der Waals surface area (Å²) in [5.74, 6) is -1.41. The van der Waals surface area contributed by atoms with E-state index in [0.717, 1.165) is 12.8 Å². The zero-order chi connectivity index (χ0) is 21.2. The molecule has 0 spiro atoms. The van der Waals surface area contributed by atoms with Crippen LogP contribution in [0.2, 0.25) is 10.0 Å². The molecule has 0 bridgehead atoms. The number of hydrogen-bond donors (Lipinski definition) is 2. The molecule has 11 heteroatoms. The number of anilines is 1. The Morgan fingerprint density at radius 3 is 2.62 bits per heavy atom. The number of nitrogens with one attached hydrogen (secondary N) is 2. The van der Waals surface area contributed by atoms with Crippen LogP contribution in [0.4, 0.5) is 5.82 Å². The molecule has 29 heavy (non-hydrogen) atoms. The minimum absolute atomic E-state index is 0.00923. The molecule has 1 fully saturated rings. The van der Waals surface area contributed by atoms with Crippen molar-refractivity contribution in [1.29, 1.82) is 0 Å². The number of rotatable bonds is 7. The predicted octanol–water partition coefficient (Wildman–Crippen LogP) is 2.93. The van der Waals surface area contributed by atoms with E-state index in [-0.39, 0.29) is 27.3 Å². The van der Waals surface area contributed by atoms with Crippen LogP contribution in [0.15, 0.2) is 35.2 Å². The minimum atomic E-state index is -3.71. The maximum absolute atomic E-state index is 12.3. The van der Waals surface area contributed by atoms with E-state index in [2.05, 4.69) is 15.0 Å². The largest absolute Gasteiger partial charge is 0.452 e. The van der Waals surface area contributed by atoms with Crippen LogP contribution in [0.5, 0.6) is 0 Å². The molecule has 0 saturated heterocycles. The van der Waals surface area contributed by atoms with Gasteiger partial charge in [0.15, 0.2) is 12.4 Å². The van der Waals surface area contributed by atoms with Gasteiger partial charge in [0.25, 0.3) is 5.91 Å². The summed E-state index contributed by atoms with van der Waals surface area (Å²) in [7, 11) is -3.71. The van der Waals surface area contributed by atoms with E-state index in [4.69, 9.17) is 27.9 Å². The molecule has 1 aliphatic rings. The molecule has 3 rings (SSSR count). The van der Waals surface area contributed by atoms with Crippen molar-refractivity contribution < 1.29 is 22.7 Å². The van der Waals surface area contributed by atoms with E-state index >= 15 is 0 Å². The monoisotopic (exact) mass is 457 g/mol. The lowest BCUT2D eigenvalue weighted by Gasteiger charge is -2.10. The van der Waals surface area contributed by atoms with Gasteiger partial charge >= 0.3 is 5.97 Å². The summed E-state index contributed by atoms with van der Waals surface area (Å²) in [4.78, 5) is 28.2. The molecular weight excluding hydrogens is 441 g/mol. The Hall–Kier alpha value is -2.20. The van der Waals surface area contributed by atoms with Crippen molar-refractivity contribution in [2.45, 2.75) is 30.7 Å². The Kier molecular flexibility index (Phi) is 6.42. The van der Waals surface area contributed by atoms with Crippen molar-refractivity contribution in [3.8, 4) is 0 Å². The number of aryl methyl sites for hydroxylation is 1. The summed E-state index contributed by atoms with van der Waals surface area (Å²) in [5, 5.41) is 2.92. The van der Waals surface area contributed by atoms with Gasteiger partial charge < -0.3 is 10.1 Å². The number of benzene rings is 1. The molecule has 8 nitrogen and oxygen atoms in total. The van der Waals surface area contributed by atoms with E-state index in [0.29, 0.717) is 10.7 Å². The molecule has 154 valence electrons. The zero-order valence-corrected chi connectivity index (χ0v) is 17.6. The number of hydrogen-bond acceptors (Lipinski definition) is 6. The van der Waals surface area contributed by atoms with Crippen molar-refractivity contribution in [2.75, 3.05) is 11.9 Å². The van der Waals surface area contributed by atoms with Crippen LogP contribution in [0.25, 0.3) is 0 Å². The quantitative estimate of drug-likeness (QED) is 0.617. The molecule has 1 heterocycles. The lowest BCUT2D eigenvalue weighted by atomic mass is 10.2. The van der Waals surface area contributed by atoms with Crippen LogP contribution >= 0.6 is 23.2 Å². The van der Waals surface area contributed by atoms with Crippen molar-refractivity contribution in [2.24, 2.45) is 0 Å². The summed E-state index contributed by atoms with van der Waals surface area (Å²) in [6.45, 7) is 1.04. The maximum Gasteiger partial charge on any atom is 0.338 e. The van der Waals surface area contributed by atoms with Gasteiger partial charge in [-0.2, -0.15) is 0 Å². The van der Waals surface area contributed by atoms with Gasteiger partial charge in [0.1, 0.15) is 0 Å². The second-order valence-electron chi connectivity index (χ2n) is 6.43. The first-order valence-electron chi connectivity index (χ1n) is 8.58. The first-order chi connectivity index (χ1) is 13.7. The van der Waals surface area contributed by atoms with Gasteiger partial charge in [-0.3, -0.25) is 4.79 Å². The zero-order valence-electron chi connectivity index (χ0n) is 15.2. The summed E-state index contributed by atoms with van der Waals surface area (Å²) in [6, 6.07) is 6.79. The molecule has 1 aliphatic carbocycles. The number of sulfonamides is 1. The van der Waals surface area contributed by atoms with Crippen LogP contribution in [-0.2, 0) is 19.6 Å². The van der Waals surface area contributed by atoms with E-state index in [1.165, 1.54) is 30.3 Å². The third-order valence-electron chi connectivity index (χ3n) is 3.98. The molecule has 1 amide bonds. The van der Waals surface area contributed by atoms with Crippen LogP contribution < -0.4 is 10.0 Å². The SMILES string of the molecule is Cc1nc(NC(=O)COC(=O)c2cccc(S(=O)(=O)NC3CC3)c2)c(Cl)cc1Cl. The van der Waals surface area contributed by atoms with Crippen molar-refractivity contribution in [1.82, 2.24) is 9.71 Å². The molecule has 0 atom stereocenters. The van der Waals surface area contributed by atoms with Gasteiger partial charge in [-0.15, -0.1) is 0 Å². The Bertz CT molecular complexity index is 1070. The second kappa shape index (κ2) is 8.66. The fourth-order valence-electron chi connectivity index (χ4n) is 2.31. The van der Waals surface area contributed by atoms with Gasteiger partial charge in [0.05, 0.1) is 26.2 Å². The standard InChI is InChI=1S/C18H17Cl2N3O5S/c1-10-14(19)8-15(20)17(21-10)22-16(24)9-28-18(25)11-3-2-4-13(7-11)29(26,27)23-12-5-6-12/h2-4,7-8,12,23H,5-6,9H2,1H3,(H,21,22,24). The van der Waals surface area contributed by atoms with Crippen LogP contribution in [0.3, 0.4) is 0 Å². The summed E-state index contributed by atoms with van der Waals surface area (Å²) in [5.41, 5.74) is 0.483. The fraction of sp³-hybridized carbons (Fsp3) is 0.278. The van der Waals surface area contributed by atoms with Gasteiger partial charge in [-0.1, -0.05) is 29.3 Å². The van der Waals surface area contributed by atoms with Crippen molar-refractivity contribution in [3.05, 3.63) is 51.6 Å². The number of carbonyl (C=O) groups is 2. The maximum atomic E-state index is 12.3. The Morgan fingerprint density at radius 2 is 1.93 bits per heavy atom.